The number of hydrogen-bond acceptors (Lipinski definition) is 9. The lowest BCUT2D eigenvalue weighted by Gasteiger charge is -2.14. The van der Waals surface area contributed by atoms with Gasteiger partial charge < -0.3 is 29.2 Å². The topological polar surface area (TPSA) is 170 Å². The number of nitrogens with zero attached hydrogens (tertiary/aromatic N) is 1. The molecule has 156 valence electrons. The van der Waals surface area contributed by atoms with Gasteiger partial charge in [0.05, 0.1) is 15.9 Å². The van der Waals surface area contributed by atoms with Crippen molar-refractivity contribution in [3.63, 3.8) is 0 Å². The Hall–Kier alpha value is -4.12. The summed E-state index contributed by atoms with van der Waals surface area (Å²) in [5.41, 5.74) is -2.37. The first kappa shape index (κ1) is 20.6. The molecular formula is C19H15NO10. The smallest absolute Gasteiger partial charge is 0.419 e. The second kappa shape index (κ2) is 8.49. The summed E-state index contributed by atoms with van der Waals surface area (Å²) < 4.78 is 15.6. The van der Waals surface area contributed by atoms with Crippen LogP contribution in [0.1, 0.15) is 10.4 Å². The third-order valence-electron chi connectivity index (χ3n) is 4.00. The summed E-state index contributed by atoms with van der Waals surface area (Å²) in [4.78, 5) is 32.3. The Labute approximate surface area is 167 Å². The Kier molecular flexibility index (Phi) is 5.83. The highest BCUT2D eigenvalue weighted by Crippen LogP contribution is 2.32. The van der Waals surface area contributed by atoms with Crippen LogP contribution in [0.2, 0.25) is 0 Å². The Bertz CT molecular complexity index is 1150. The number of carbonyl (C=O) groups is 1. The average molecular weight is 417 g/mol. The van der Waals surface area contributed by atoms with Crippen LogP contribution in [0, 0.1) is 10.1 Å². The molecular weight excluding hydrogens is 402 g/mol. The Morgan fingerprint density at radius 1 is 1.10 bits per heavy atom. The van der Waals surface area contributed by atoms with Gasteiger partial charge in [-0.2, -0.15) is 0 Å². The molecule has 1 heterocycles. The minimum atomic E-state index is -1.30. The Balaban J connectivity index is 1.62. The van der Waals surface area contributed by atoms with E-state index in [2.05, 4.69) is 0 Å². The summed E-state index contributed by atoms with van der Waals surface area (Å²) >= 11 is 0. The lowest BCUT2D eigenvalue weighted by molar-refractivity contribution is -0.388. The third kappa shape index (κ3) is 4.47. The second-order valence-electron chi connectivity index (χ2n) is 6.11. The van der Waals surface area contributed by atoms with Crippen LogP contribution >= 0.6 is 0 Å². The van der Waals surface area contributed by atoms with Gasteiger partial charge in [0.15, 0.2) is 0 Å². The van der Waals surface area contributed by atoms with E-state index in [-0.39, 0.29) is 35.5 Å². The fraction of sp³-hybridized carbons (Fsp3) is 0.158. The Morgan fingerprint density at radius 3 is 2.30 bits per heavy atom. The molecule has 0 aliphatic heterocycles. The number of aliphatic hydroxyl groups is 1. The summed E-state index contributed by atoms with van der Waals surface area (Å²) in [5.74, 6) is -1.32. The standard InChI is InChI=1S/C19H15NO10/c21-11(8-28-12-3-1-10(2-4-12)18(23)24)9-29-13-5-6-14-15(7-13)30-19(25)16(17(14)22)20(26)27/h1-7,11,21-22H,8-9H2,(H,23,24). The lowest BCUT2D eigenvalue weighted by atomic mass is 10.2. The Morgan fingerprint density at radius 2 is 1.70 bits per heavy atom. The van der Waals surface area contributed by atoms with E-state index < -0.39 is 34.1 Å². The predicted molar refractivity (Wildman–Crippen MR) is 101 cm³/mol. The normalized spacial score (nSPS) is 11.8. The van der Waals surface area contributed by atoms with Gasteiger partial charge in [0, 0.05) is 6.07 Å². The second-order valence-corrected chi connectivity index (χ2v) is 6.11. The van der Waals surface area contributed by atoms with E-state index in [1.54, 1.807) is 0 Å². The van der Waals surface area contributed by atoms with Crippen LogP contribution in [-0.4, -0.2) is 45.5 Å². The number of rotatable bonds is 8. The molecule has 3 aromatic rings. The van der Waals surface area contributed by atoms with Gasteiger partial charge in [-0.1, -0.05) is 0 Å². The minimum absolute atomic E-state index is 0.0395. The maximum absolute atomic E-state index is 11.7. The monoisotopic (exact) mass is 417 g/mol. The van der Waals surface area contributed by atoms with Crippen LogP contribution in [0.25, 0.3) is 11.0 Å². The van der Waals surface area contributed by atoms with Gasteiger partial charge in [-0.25, -0.2) is 9.59 Å². The molecule has 0 spiro atoms. The number of carboxylic acid groups (broad SMARTS) is 1. The van der Waals surface area contributed by atoms with Crippen LogP contribution in [0.4, 0.5) is 5.69 Å². The maximum atomic E-state index is 11.7. The first-order valence-electron chi connectivity index (χ1n) is 8.47. The quantitative estimate of drug-likeness (QED) is 0.279. The van der Waals surface area contributed by atoms with Crippen molar-refractivity contribution in [2.24, 2.45) is 0 Å². The van der Waals surface area contributed by atoms with Crippen molar-refractivity contribution in [2.45, 2.75) is 6.10 Å². The number of aromatic hydroxyl groups is 1. The maximum Gasteiger partial charge on any atom is 0.419 e. The molecule has 3 rings (SSSR count). The molecule has 0 saturated heterocycles. The van der Waals surface area contributed by atoms with Gasteiger partial charge in [-0.3, -0.25) is 10.1 Å². The zero-order chi connectivity index (χ0) is 21.8. The summed E-state index contributed by atoms with van der Waals surface area (Å²) in [6.45, 7) is -0.329. The molecule has 11 heteroatoms. The van der Waals surface area contributed by atoms with Crippen LogP contribution in [0.5, 0.6) is 17.2 Å². The summed E-state index contributed by atoms with van der Waals surface area (Å²) in [6, 6.07) is 9.54. The molecule has 1 aromatic heterocycles. The van der Waals surface area contributed by atoms with Gasteiger partial charge in [0.1, 0.15) is 36.4 Å². The summed E-state index contributed by atoms with van der Waals surface area (Å²) in [7, 11) is 0. The number of nitro groups is 1. The molecule has 1 atom stereocenters. The number of benzene rings is 2. The van der Waals surface area contributed by atoms with Crippen molar-refractivity contribution in [1.82, 2.24) is 0 Å². The summed E-state index contributed by atoms with van der Waals surface area (Å²) in [6.07, 6.45) is -1.04. The van der Waals surface area contributed by atoms with Crippen LogP contribution < -0.4 is 15.1 Å². The molecule has 30 heavy (non-hydrogen) atoms. The van der Waals surface area contributed by atoms with Gasteiger partial charge in [0.2, 0.25) is 5.75 Å². The highest BCUT2D eigenvalue weighted by Gasteiger charge is 2.24. The van der Waals surface area contributed by atoms with Crippen molar-refractivity contribution in [3.05, 3.63) is 68.6 Å². The average Bonchev–Trinajstić information content (AvgIpc) is 2.70. The molecule has 0 bridgehead atoms. The molecule has 2 aromatic carbocycles. The number of hydrogen-bond donors (Lipinski definition) is 3. The van der Waals surface area contributed by atoms with Gasteiger partial charge >= 0.3 is 17.3 Å². The van der Waals surface area contributed by atoms with E-state index >= 15 is 0 Å². The zero-order valence-electron chi connectivity index (χ0n) is 15.2. The molecule has 0 saturated carbocycles. The highest BCUT2D eigenvalue weighted by molar-refractivity contribution is 5.88. The number of ether oxygens (including phenoxy) is 2. The predicted octanol–water partition coefficient (Wildman–Crippen LogP) is 1.92. The zero-order valence-corrected chi connectivity index (χ0v) is 15.2. The SMILES string of the molecule is O=C(O)c1ccc(OCC(O)COc2ccc3c(O)c([N+](=O)[O-])c(=O)oc3c2)cc1. The van der Waals surface area contributed by atoms with Crippen molar-refractivity contribution >= 4 is 22.6 Å². The number of aliphatic hydroxyl groups excluding tert-OH is 1. The largest absolute Gasteiger partial charge is 0.501 e. The molecule has 1 unspecified atom stereocenters. The molecule has 11 nitrogen and oxygen atoms in total. The van der Waals surface area contributed by atoms with E-state index in [0.717, 1.165) is 0 Å². The van der Waals surface area contributed by atoms with E-state index in [1.165, 1.54) is 42.5 Å². The molecule has 0 amide bonds. The first-order valence-corrected chi connectivity index (χ1v) is 8.47. The summed E-state index contributed by atoms with van der Waals surface area (Å²) in [5, 5.41) is 39.5. The fourth-order valence-corrected chi connectivity index (χ4v) is 2.53. The van der Waals surface area contributed by atoms with Crippen molar-refractivity contribution in [2.75, 3.05) is 13.2 Å². The molecule has 0 radical (unpaired) electrons. The highest BCUT2D eigenvalue weighted by atomic mass is 16.6. The third-order valence-corrected chi connectivity index (χ3v) is 4.00. The molecule has 0 fully saturated rings. The fourth-order valence-electron chi connectivity index (χ4n) is 2.53. The minimum Gasteiger partial charge on any atom is -0.501 e. The van der Waals surface area contributed by atoms with Gasteiger partial charge in [-0.05, 0) is 36.4 Å². The molecule has 3 N–H and O–H groups in total. The van der Waals surface area contributed by atoms with E-state index in [9.17, 15) is 29.9 Å². The van der Waals surface area contributed by atoms with Crippen molar-refractivity contribution < 1.29 is 38.9 Å². The molecule has 0 aliphatic rings. The van der Waals surface area contributed by atoms with E-state index in [1.807, 2.05) is 0 Å². The number of aromatic carboxylic acids is 1. The van der Waals surface area contributed by atoms with Crippen molar-refractivity contribution in [1.29, 1.82) is 0 Å². The number of carboxylic acids is 1. The first-order chi connectivity index (χ1) is 14.3. The van der Waals surface area contributed by atoms with Gasteiger partial charge in [0.25, 0.3) is 0 Å². The van der Waals surface area contributed by atoms with Gasteiger partial charge in [-0.15, -0.1) is 0 Å². The van der Waals surface area contributed by atoms with Crippen molar-refractivity contribution in [3.8, 4) is 17.2 Å². The van der Waals surface area contributed by atoms with E-state index in [0.29, 0.717) is 5.75 Å². The number of fused-ring (bicyclic) bond motifs is 1. The molecule has 0 aliphatic carbocycles. The van der Waals surface area contributed by atoms with Crippen LogP contribution in [0.3, 0.4) is 0 Å². The van der Waals surface area contributed by atoms with Crippen LogP contribution in [-0.2, 0) is 0 Å². The van der Waals surface area contributed by atoms with E-state index in [4.69, 9.17) is 19.0 Å². The lowest BCUT2D eigenvalue weighted by Crippen LogP contribution is -2.25. The van der Waals surface area contributed by atoms with Crippen LogP contribution in [0.15, 0.2) is 51.7 Å².